The fourth-order valence-electron chi connectivity index (χ4n) is 3.79. The van der Waals surface area contributed by atoms with Crippen LogP contribution in [0.1, 0.15) is 54.9 Å². The molecule has 0 aromatic heterocycles. The summed E-state index contributed by atoms with van der Waals surface area (Å²) in [6, 6.07) is 7.20. The number of ether oxygens (including phenoxy) is 1. The molecule has 1 aliphatic rings. The summed E-state index contributed by atoms with van der Waals surface area (Å²) in [7, 11) is 1.77. The third-order valence-electron chi connectivity index (χ3n) is 5.60. The van der Waals surface area contributed by atoms with Crippen LogP contribution in [0, 0.1) is 5.41 Å². The normalized spacial score (nSPS) is 15.1. The lowest BCUT2D eigenvalue weighted by Crippen LogP contribution is -2.43. The average molecular weight is 545 g/mol. The summed E-state index contributed by atoms with van der Waals surface area (Å²) in [5, 5.41) is 9.29. The van der Waals surface area contributed by atoms with Crippen molar-refractivity contribution in [2.75, 3.05) is 33.4 Å². The Bertz CT molecular complexity index is 718. The Morgan fingerprint density at radius 2 is 1.81 bits per heavy atom. The summed E-state index contributed by atoms with van der Waals surface area (Å²) in [5.41, 5.74) is 6.84. The van der Waals surface area contributed by atoms with Crippen molar-refractivity contribution in [2.45, 2.75) is 45.6 Å². The molecule has 0 aliphatic heterocycles. The summed E-state index contributed by atoms with van der Waals surface area (Å²) in [5.74, 6) is -0.124. The van der Waals surface area contributed by atoms with E-state index < -0.39 is 5.91 Å². The Hall–Kier alpha value is -1.88. The molecule has 2 rings (SSSR count). The molecule has 0 radical (unpaired) electrons. The van der Waals surface area contributed by atoms with Gasteiger partial charge in [-0.05, 0) is 49.3 Å². The summed E-state index contributed by atoms with van der Waals surface area (Å²) in [4.78, 5) is 27.0. The van der Waals surface area contributed by atoms with E-state index in [2.05, 4.69) is 20.9 Å². The standard InChI is InChI=1S/C22H35N5O3.HI/c1-3-30-13-12-22(10-4-5-11-22)16-27-21(24-2)26-14-17-6-8-18(9-7-17)20(29)25-15-19(23)28;/h6-9H,3-5,10-16H2,1-2H3,(H2,23,28)(H,25,29)(H2,24,26,27);1H. The van der Waals surface area contributed by atoms with Crippen LogP contribution in [0.5, 0.6) is 0 Å². The van der Waals surface area contributed by atoms with Crippen LogP contribution in [0.15, 0.2) is 29.3 Å². The van der Waals surface area contributed by atoms with Gasteiger partial charge in [0.05, 0.1) is 6.54 Å². The van der Waals surface area contributed by atoms with Gasteiger partial charge >= 0.3 is 0 Å². The van der Waals surface area contributed by atoms with Crippen molar-refractivity contribution in [1.82, 2.24) is 16.0 Å². The van der Waals surface area contributed by atoms with Crippen LogP contribution in [0.4, 0.5) is 0 Å². The first kappa shape index (κ1) is 27.2. The lowest BCUT2D eigenvalue weighted by molar-refractivity contribution is -0.117. The van der Waals surface area contributed by atoms with Crippen LogP contribution in [0.25, 0.3) is 0 Å². The van der Waals surface area contributed by atoms with Gasteiger partial charge in [0.2, 0.25) is 5.91 Å². The predicted octanol–water partition coefficient (Wildman–Crippen LogP) is 2.17. The minimum absolute atomic E-state index is 0. The second kappa shape index (κ2) is 14.2. The highest BCUT2D eigenvalue weighted by Crippen LogP contribution is 2.40. The molecule has 0 bridgehead atoms. The molecule has 5 N–H and O–H groups in total. The number of guanidine groups is 1. The van der Waals surface area contributed by atoms with Gasteiger partial charge in [0.15, 0.2) is 5.96 Å². The Morgan fingerprint density at radius 1 is 1.13 bits per heavy atom. The number of aliphatic imine (C=N–C) groups is 1. The topological polar surface area (TPSA) is 118 Å². The Morgan fingerprint density at radius 3 is 2.39 bits per heavy atom. The van der Waals surface area contributed by atoms with Crippen LogP contribution in [-0.2, 0) is 16.1 Å². The number of hydrogen-bond donors (Lipinski definition) is 4. The number of hydrogen-bond acceptors (Lipinski definition) is 4. The fraction of sp³-hybridized carbons (Fsp3) is 0.591. The molecule has 1 aromatic rings. The van der Waals surface area contributed by atoms with Crippen molar-refractivity contribution in [3.63, 3.8) is 0 Å². The number of benzene rings is 1. The third kappa shape index (κ3) is 9.42. The molecule has 31 heavy (non-hydrogen) atoms. The zero-order valence-corrected chi connectivity index (χ0v) is 20.9. The van der Waals surface area contributed by atoms with E-state index in [9.17, 15) is 9.59 Å². The maximum absolute atomic E-state index is 11.9. The quantitative estimate of drug-likeness (QED) is 0.147. The molecule has 1 fully saturated rings. The largest absolute Gasteiger partial charge is 0.382 e. The van der Waals surface area contributed by atoms with Crippen LogP contribution in [0.3, 0.4) is 0 Å². The predicted molar refractivity (Wildman–Crippen MR) is 134 cm³/mol. The molecule has 2 amide bonds. The van der Waals surface area contributed by atoms with Gasteiger partial charge in [0, 0.05) is 38.9 Å². The molecule has 0 atom stereocenters. The van der Waals surface area contributed by atoms with E-state index in [0.717, 1.165) is 37.7 Å². The molecule has 9 heteroatoms. The highest BCUT2D eigenvalue weighted by Gasteiger charge is 2.33. The number of amides is 2. The van der Waals surface area contributed by atoms with Gasteiger partial charge in [-0.1, -0.05) is 25.0 Å². The van der Waals surface area contributed by atoms with Crippen LogP contribution < -0.4 is 21.7 Å². The highest BCUT2D eigenvalue weighted by atomic mass is 127. The number of carbonyl (C=O) groups is 2. The minimum Gasteiger partial charge on any atom is -0.382 e. The molecule has 1 aromatic carbocycles. The molecule has 0 unspecified atom stereocenters. The van der Waals surface area contributed by atoms with Gasteiger partial charge < -0.3 is 26.4 Å². The monoisotopic (exact) mass is 545 g/mol. The average Bonchev–Trinajstić information content (AvgIpc) is 3.21. The van der Waals surface area contributed by atoms with E-state index in [1.165, 1.54) is 25.7 Å². The molecular formula is C22H36IN5O3. The van der Waals surface area contributed by atoms with Gasteiger partial charge in [0.25, 0.3) is 5.91 Å². The van der Waals surface area contributed by atoms with Gasteiger partial charge in [0.1, 0.15) is 0 Å². The van der Waals surface area contributed by atoms with Gasteiger partial charge in [-0.2, -0.15) is 0 Å². The number of nitrogens with two attached hydrogens (primary N) is 1. The fourth-order valence-corrected chi connectivity index (χ4v) is 3.79. The first-order valence-corrected chi connectivity index (χ1v) is 10.7. The molecule has 1 saturated carbocycles. The van der Waals surface area contributed by atoms with E-state index in [0.29, 0.717) is 12.1 Å². The molecular weight excluding hydrogens is 509 g/mol. The van der Waals surface area contributed by atoms with E-state index in [4.69, 9.17) is 10.5 Å². The van der Waals surface area contributed by atoms with Crippen molar-refractivity contribution in [3.8, 4) is 0 Å². The summed E-state index contributed by atoms with van der Waals surface area (Å²) >= 11 is 0. The lowest BCUT2D eigenvalue weighted by atomic mass is 9.83. The van der Waals surface area contributed by atoms with E-state index in [-0.39, 0.29) is 41.8 Å². The second-order valence-electron chi connectivity index (χ2n) is 7.78. The Kier molecular flexibility index (Phi) is 12.5. The maximum Gasteiger partial charge on any atom is 0.251 e. The first-order valence-electron chi connectivity index (χ1n) is 10.7. The van der Waals surface area contributed by atoms with Gasteiger partial charge in [-0.3, -0.25) is 14.6 Å². The first-order chi connectivity index (χ1) is 14.5. The van der Waals surface area contributed by atoms with Crippen molar-refractivity contribution < 1.29 is 14.3 Å². The molecule has 8 nitrogen and oxygen atoms in total. The summed E-state index contributed by atoms with van der Waals surface area (Å²) < 4.78 is 5.59. The zero-order chi connectivity index (χ0) is 21.8. The number of nitrogens with one attached hydrogen (secondary N) is 3. The lowest BCUT2D eigenvalue weighted by Gasteiger charge is -2.30. The number of carbonyl (C=O) groups excluding carboxylic acids is 2. The van der Waals surface area contributed by atoms with Crippen molar-refractivity contribution in [1.29, 1.82) is 0 Å². The van der Waals surface area contributed by atoms with E-state index in [1.54, 1.807) is 19.2 Å². The smallest absolute Gasteiger partial charge is 0.251 e. The van der Waals surface area contributed by atoms with Crippen molar-refractivity contribution in [2.24, 2.45) is 16.1 Å². The van der Waals surface area contributed by atoms with Crippen LogP contribution in [-0.4, -0.2) is 51.1 Å². The Labute approximate surface area is 202 Å². The molecule has 1 aliphatic carbocycles. The summed E-state index contributed by atoms with van der Waals surface area (Å²) in [6.07, 6.45) is 6.08. The molecule has 174 valence electrons. The minimum atomic E-state index is -0.569. The maximum atomic E-state index is 11.9. The highest BCUT2D eigenvalue weighted by molar-refractivity contribution is 14.0. The number of halogens is 1. The number of rotatable bonds is 11. The van der Waals surface area contributed by atoms with Crippen LogP contribution in [0.2, 0.25) is 0 Å². The molecule has 0 saturated heterocycles. The second-order valence-corrected chi connectivity index (χ2v) is 7.78. The van der Waals surface area contributed by atoms with Gasteiger partial charge in [-0.15, -0.1) is 24.0 Å². The summed E-state index contributed by atoms with van der Waals surface area (Å²) in [6.45, 7) is 4.91. The van der Waals surface area contributed by atoms with Gasteiger partial charge in [-0.25, -0.2) is 0 Å². The van der Waals surface area contributed by atoms with E-state index in [1.807, 2.05) is 19.1 Å². The number of nitrogens with zero attached hydrogens (tertiary/aromatic N) is 1. The SMILES string of the molecule is CCOCCC1(CNC(=NC)NCc2ccc(C(=O)NCC(N)=O)cc2)CCCC1.I. The zero-order valence-electron chi connectivity index (χ0n) is 18.5. The molecule has 0 spiro atoms. The van der Waals surface area contributed by atoms with E-state index >= 15 is 0 Å². The van der Waals surface area contributed by atoms with Crippen molar-refractivity contribution in [3.05, 3.63) is 35.4 Å². The number of primary amides is 1. The Balaban J connectivity index is 0.00000480. The molecule has 0 heterocycles. The van der Waals surface area contributed by atoms with Crippen molar-refractivity contribution >= 4 is 41.8 Å². The van der Waals surface area contributed by atoms with Crippen LogP contribution >= 0.6 is 24.0 Å². The third-order valence-corrected chi connectivity index (χ3v) is 5.60.